The van der Waals surface area contributed by atoms with Crippen LogP contribution in [0, 0.1) is 6.92 Å². The Morgan fingerprint density at radius 2 is 1.79 bits per heavy atom. The number of benzene rings is 2. The fraction of sp³-hybridized carbons (Fsp3) is 0.188. The average Bonchev–Trinajstić information content (AvgIpc) is 2.55. The quantitative estimate of drug-likeness (QED) is 0.837. The number of fused-ring (bicyclic) bond motifs is 1. The molecule has 6 nitrogen and oxygen atoms in total. The molecule has 2 aromatic carbocycles. The third kappa shape index (κ3) is 2.78. The first-order valence-electron chi connectivity index (χ1n) is 7.45. The summed E-state index contributed by atoms with van der Waals surface area (Å²) in [6, 6.07) is 11.9. The number of nitrogens with zero attached hydrogens (tertiary/aromatic N) is 3. The maximum atomic E-state index is 12.7. The number of hydrazone groups is 1. The fourth-order valence-corrected chi connectivity index (χ4v) is 3.74. The molecule has 0 radical (unpaired) electrons. The third-order valence-corrected chi connectivity index (χ3v) is 5.60. The first-order chi connectivity index (χ1) is 11.3. The van der Waals surface area contributed by atoms with Crippen molar-refractivity contribution in [3.05, 3.63) is 53.6 Å². The Labute approximate surface area is 142 Å². The van der Waals surface area contributed by atoms with Crippen LogP contribution in [-0.4, -0.2) is 45.1 Å². The van der Waals surface area contributed by atoms with E-state index in [1.54, 1.807) is 18.2 Å². The van der Waals surface area contributed by atoms with Gasteiger partial charge in [0.2, 0.25) is 0 Å². The first kappa shape index (κ1) is 16.5. The Kier molecular flexibility index (Phi) is 4.10. The topological polar surface area (TPSA) is 73.2 Å². The van der Waals surface area contributed by atoms with E-state index in [0.29, 0.717) is 11.0 Å². The summed E-state index contributed by atoms with van der Waals surface area (Å²) in [5, 5.41) is 14.5. The highest BCUT2D eigenvalue weighted by Gasteiger charge is 2.38. The summed E-state index contributed by atoms with van der Waals surface area (Å²) in [5.74, 6) is 0. The van der Waals surface area contributed by atoms with Gasteiger partial charge in [0.25, 0.3) is 10.0 Å². The van der Waals surface area contributed by atoms with Crippen LogP contribution in [0.4, 0.5) is 5.69 Å². The highest BCUT2D eigenvalue weighted by atomic mass is 32.2. The van der Waals surface area contributed by atoms with Gasteiger partial charge in [-0.15, -0.1) is 0 Å². The molecule has 8 heteroatoms. The fourth-order valence-electron chi connectivity index (χ4n) is 2.50. The van der Waals surface area contributed by atoms with Crippen molar-refractivity contribution in [2.45, 2.75) is 11.8 Å². The third-order valence-electron chi connectivity index (χ3n) is 3.95. The van der Waals surface area contributed by atoms with Crippen molar-refractivity contribution in [1.29, 1.82) is 0 Å². The van der Waals surface area contributed by atoms with Crippen molar-refractivity contribution in [3.8, 4) is 0 Å². The molecular weight excluding hydrogens is 325 g/mol. The molecule has 0 atom stereocenters. The largest absolute Gasteiger partial charge is 0.484 e. The minimum atomic E-state index is -3.92. The molecule has 0 amide bonds. The van der Waals surface area contributed by atoms with E-state index in [9.17, 15) is 13.4 Å². The van der Waals surface area contributed by atoms with E-state index in [1.165, 1.54) is 18.3 Å². The molecule has 0 unspecified atom stereocenters. The zero-order valence-corrected chi connectivity index (χ0v) is 14.5. The molecule has 1 heterocycles. The van der Waals surface area contributed by atoms with Gasteiger partial charge in [0.1, 0.15) is 0 Å². The van der Waals surface area contributed by atoms with Gasteiger partial charge in [-0.2, -0.15) is 9.43 Å². The van der Waals surface area contributed by atoms with E-state index in [0.717, 1.165) is 15.6 Å². The van der Waals surface area contributed by atoms with E-state index in [1.807, 2.05) is 38.1 Å². The van der Waals surface area contributed by atoms with Crippen LogP contribution in [0.3, 0.4) is 0 Å². The van der Waals surface area contributed by atoms with Gasteiger partial charge in [-0.1, -0.05) is 23.8 Å². The van der Waals surface area contributed by atoms with Crippen molar-refractivity contribution in [2.75, 3.05) is 19.0 Å². The van der Waals surface area contributed by atoms with Gasteiger partial charge in [-0.05, 0) is 42.2 Å². The van der Waals surface area contributed by atoms with Crippen molar-refractivity contribution < 1.29 is 13.4 Å². The van der Waals surface area contributed by atoms with E-state index < -0.39 is 17.1 Å². The van der Waals surface area contributed by atoms with E-state index in [-0.39, 0.29) is 4.90 Å². The molecule has 2 aromatic rings. The molecule has 0 aliphatic carbocycles. The van der Waals surface area contributed by atoms with Gasteiger partial charge in [0.15, 0.2) is 0 Å². The molecule has 1 N–H and O–H groups in total. The van der Waals surface area contributed by atoms with Crippen LogP contribution in [0.15, 0.2) is 52.5 Å². The standard InChI is InChI=1S/C16H18BN3O3S/c1-12-4-7-15(8-5-12)24(22,23)20-17(21)16-9-6-14(19(2)3)10-13(16)11-18-20/h4-11,21H,1-3H3. The normalized spacial score (nSPS) is 13.8. The van der Waals surface area contributed by atoms with Crippen LogP contribution >= 0.6 is 0 Å². The zero-order valence-electron chi connectivity index (χ0n) is 13.7. The number of rotatable bonds is 3. The first-order valence-corrected chi connectivity index (χ1v) is 8.89. The van der Waals surface area contributed by atoms with Crippen molar-refractivity contribution in [2.24, 2.45) is 5.10 Å². The minimum absolute atomic E-state index is 0.0951. The Bertz CT molecular complexity index is 895. The summed E-state index contributed by atoms with van der Waals surface area (Å²) >= 11 is 0. The SMILES string of the molecule is Cc1ccc(S(=O)(=O)N2N=Cc3cc(N(C)C)ccc3B2O)cc1. The van der Waals surface area contributed by atoms with Crippen molar-refractivity contribution in [3.63, 3.8) is 0 Å². The summed E-state index contributed by atoms with van der Waals surface area (Å²) in [4.78, 5) is 2.02. The molecule has 124 valence electrons. The zero-order chi connectivity index (χ0) is 17.5. The number of hydrogen-bond acceptors (Lipinski definition) is 5. The second-order valence-electron chi connectivity index (χ2n) is 5.92. The second-order valence-corrected chi connectivity index (χ2v) is 7.71. The molecule has 0 aromatic heterocycles. The molecule has 0 saturated heterocycles. The number of aryl methyl sites for hydroxylation is 1. The predicted molar refractivity (Wildman–Crippen MR) is 96.2 cm³/mol. The highest BCUT2D eigenvalue weighted by Crippen LogP contribution is 2.21. The lowest BCUT2D eigenvalue weighted by atomic mass is 9.71. The number of hydrogen-bond donors (Lipinski definition) is 1. The molecule has 0 fully saturated rings. The number of sulfonamides is 1. The average molecular weight is 343 g/mol. The van der Waals surface area contributed by atoms with E-state index in [4.69, 9.17) is 0 Å². The van der Waals surface area contributed by atoms with Crippen LogP contribution in [0.25, 0.3) is 0 Å². The van der Waals surface area contributed by atoms with Crippen LogP contribution in [-0.2, 0) is 10.0 Å². The molecule has 1 aliphatic rings. The van der Waals surface area contributed by atoms with Gasteiger partial charge in [0, 0.05) is 19.8 Å². The van der Waals surface area contributed by atoms with Crippen LogP contribution < -0.4 is 10.4 Å². The van der Waals surface area contributed by atoms with Crippen molar-refractivity contribution >= 4 is 34.4 Å². The molecule has 0 spiro atoms. The summed E-state index contributed by atoms with van der Waals surface area (Å²) in [5.41, 5.74) is 3.11. The Hall–Kier alpha value is -2.32. The Balaban J connectivity index is 2.00. The maximum Gasteiger partial charge on any atom is 0.484 e. The molecule has 3 rings (SSSR count). The minimum Gasteiger partial charge on any atom is -0.427 e. The molecule has 0 saturated carbocycles. The Morgan fingerprint density at radius 1 is 1.12 bits per heavy atom. The van der Waals surface area contributed by atoms with Gasteiger partial charge in [0.05, 0.1) is 11.1 Å². The summed E-state index contributed by atoms with van der Waals surface area (Å²) in [6.45, 7) is 1.88. The summed E-state index contributed by atoms with van der Waals surface area (Å²) in [7, 11) is -1.46. The number of anilines is 1. The van der Waals surface area contributed by atoms with Gasteiger partial charge >= 0.3 is 7.05 Å². The highest BCUT2D eigenvalue weighted by molar-refractivity contribution is 7.90. The van der Waals surface area contributed by atoms with Gasteiger partial charge < -0.3 is 9.92 Å². The van der Waals surface area contributed by atoms with Crippen LogP contribution in [0.5, 0.6) is 0 Å². The van der Waals surface area contributed by atoms with Crippen LogP contribution in [0.1, 0.15) is 11.1 Å². The lowest BCUT2D eigenvalue weighted by Gasteiger charge is -2.27. The Morgan fingerprint density at radius 3 is 2.42 bits per heavy atom. The smallest absolute Gasteiger partial charge is 0.427 e. The molecule has 0 bridgehead atoms. The predicted octanol–water partition coefficient (Wildman–Crippen LogP) is 0.787. The lowest BCUT2D eigenvalue weighted by Crippen LogP contribution is -2.52. The summed E-state index contributed by atoms with van der Waals surface area (Å²) < 4.78 is 26.2. The van der Waals surface area contributed by atoms with Gasteiger partial charge in [-0.25, -0.2) is 8.42 Å². The van der Waals surface area contributed by atoms with Gasteiger partial charge in [-0.3, -0.25) is 0 Å². The van der Waals surface area contributed by atoms with Crippen LogP contribution in [0.2, 0.25) is 0 Å². The molecule has 1 aliphatic heterocycles. The van der Waals surface area contributed by atoms with E-state index in [2.05, 4.69) is 5.10 Å². The summed E-state index contributed by atoms with van der Waals surface area (Å²) in [6.07, 6.45) is 1.46. The molecule has 24 heavy (non-hydrogen) atoms. The molecular formula is C16H18BN3O3S. The lowest BCUT2D eigenvalue weighted by molar-refractivity contribution is 0.476. The van der Waals surface area contributed by atoms with Crippen molar-refractivity contribution in [1.82, 2.24) is 4.33 Å². The van der Waals surface area contributed by atoms with E-state index >= 15 is 0 Å². The second kappa shape index (κ2) is 5.96. The maximum absolute atomic E-state index is 12.7. The monoisotopic (exact) mass is 343 g/mol.